The molecule has 7 heteroatoms. The predicted molar refractivity (Wildman–Crippen MR) is 121 cm³/mol. The van der Waals surface area contributed by atoms with Crippen molar-refractivity contribution in [1.82, 2.24) is 14.8 Å². The fourth-order valence-corrected chi connectivity index (χ4v) is 4.48. The minimum absolute atomic E-state index is 0.538. The highest BCUT2D eigenvalue weighted by atomic mass is 35.5. The van der Waals surface area contributed by atoms with Crippen LogP contribution < -0.4 is 4.90 Å². The van der Waals surface area contributed by atoms with Crippen molar-refractivity contribution < 1.29 is 0 Å². The van der Waals surface area contributed by atoms with Crippen LogP contribution >= 0.6 is 34.8 Å². The zero-order valence-electron chi connectivity index (χ0n) is 15.4. The number of fused-ring (bicyclic) bond motifs is 1. The zero-order valence-corrected chi connectivity index (χ0v) is 17.7. The molecule has 1 aliphatic rings. The summed E-state index contributed by atoms with van der Waals surface area (Å²) in [7, 11) is 0. The van der Waals surface area contributed by atoms with Gasteiger partial charge in [0.1, 0.15) is 5.52 Å². The molecule has 0 aliphatic carbocycles. The molecule has 0 unspecified atom stereocenters. The van der Waals surface area contributed by atoms with Crippen LogP contribution in [0.4, 0.5) is 5.82 Å². The number of hydrogen-bond acceptors (Lipinski definition) is 3. The molecule has 29 heavy (non-hydrogen) atoms. The normalized spacial score (nSPS) is 14.1. The van der Waals surface area contributed by atoms with Gasteiger partial charge in [-0.3, -0.25) is 0 Å². The van der Waals surface area contributed by atoms with Crippen LogP contribution in [-0.2, 0) is 0 Å². The van der Waals surface area contributed by atoms with Crippen LogP contribution in [0.5, 0.6) is 0 Å². The molecule has 0 amide bonds. The summed E-state index contributed by atoms with van der Waals surface area (Å²) in [4.78, 5) is 6.96. The second-order valence-corrected chi connectivity index (χ2v) is 8.37. The van der Waals surface area contributed by atoms with Crippen molar-refractivity contribution in [1.29, 1.82) is 0 Å². The van der Waals surface area contributed by atoms with Gasteiger partial charge in [-0.05, 0) is 49.2 Å². The quantitative estimate of drug-likeness (QED) is 0.355. The Morgan fingerprint density at radius 1 is 0.828 bits per heavy atom. The summed E-state index contributed by atoms with van der Waals surface area (Å²) in [5.74, 6) is 0.916. The lowest BCUT2D eigenvalue weighted by atomic mass is 10.1. The Morgan fingerprint density at radius 2 is 1.55 bits per heavy atom. The lowest BCUT2D eigenvalue weighted by Gasteiger charge is -2.16. The third kappa shape index (κ3) is 3.35. The second kappa shape index (κ2) is 7.52. The Hall–Kier alpha value is -2.27. The van der Waals surface area contributed by atoms with Gasteiger partial charge < -0.3 is 4.90 Å². The van der Waals surface area contributed by atoms with E-state index in [1.165, 1.54) is 12.8 Å². The Balaban J connectivity index is 1.81. The van der Waals surface area contributed by atoms with E-state index in [9.17, 15) is 0 Å². The summed E-state index contributed by atoms with van der Waals surface area (Å²) in [6.45, 7) is 1.99. The minimum atomic E-state index is 0.538. The molecule has 2 aromatic carbocycles. The van der Waals surface area contributed by atoms with Gasteiger partial charge in [0.25, 0.3) is 0 Å². The van der Waals surface area contributed by atoms with Crippen LogP contribution in [0.1, 0.15) is 12.8 Å². The third-order valence-corrected chi connectivity index (χ3v) is 6.02. The number of halogens is 3. The molecule has 146 valence electrons. The Labute approximate surface area is 183 Å². The molecule has 1 saturated heterocycles. The molecule has 0 atom stereocenters. The Bertz CT molecular complexity index is 1190. The highest BCUT2D eigenvalue weighted by molar-refractivity contribution is 6.35. The second-order valence-electron chi connectivity index (χ2n) is 7.09. The molecule has 2 aromatic heterocycles. The van der Waals surface area contributed by atoms with Crippen LogP contribution in [-0.4, -0.2) is 27.9 Å². The zero-order chi connectivity index (χ0) is 20.0. The van der Waals surface area contributed by atoms with E-state index in [4.69, 9.17) is 39.9 Å². The first-order chi connectivity index (χ1) is 14.1. The van der Waals surface area contributed by atoms with Crippen molar-refractivity contribution >= 4 is 51.5 Å². The summed E-state index contributed by atoms with van der Waals surface area (Å²) in [5.41, 5.74) is 3.58. The first kappa shape index (κ1) is 18.7. The molecule has 0 spiro atoms. The van der Waals surface area contributed by atoms with E-state index < -0.39 is 0 Å². The first-order valence-electron chi connectivity index (χ1n) is 9.46. The van der Waals surface area contributed by atoms with Gasteiger partial charge in [0.15, 0.2) is 5.82 Å². The van der Waals surface area contributed by atoms with Gasteiger partial charge in [0.05, 0.1) is 16.4 Å². The highest BCUT2D eigenvalue weighted by Crippen LogP contribution is 2.37. The highest BCUT2D eigenvalue weighted by Gasteiger charge is 2.23. The van der Waals surface area contributed by atoms with E-state index in [2.05, 4.69) is 9.88 Å². The van der Waals surface area contributed by atoms with E-state index in [1.54, 1.807) is 6.07 Å². The number of pyridine rings is 1. The van der Waals surface area contributed by atoms with Crippen LogP contribution in [0.3, 0.4) is 0 Å². The number of rotatable bonds is 3. The van der Waals surface area contributed by atoms with E-state index >= 15 is 0 Å². The molecule has 3 heterocycles. The van der Waals surface area contributed by atoms with E-state index in [1.807, 2.05) is 53.3 Å². The Morgan fingerprint density at radius 3 is 2.28 bits per heavy atom. The summed E-state index contributed by atoms with van der Waals surface area (Å²) < 4.78 is 1.88. The molecule has 5 rings (SSSR count). The molecule has 0 saturated carbocycles. The van der Waals surface area contributed by atoms with Crippen molar-refractivity contribution in [3.63, 3.8) is 0 Å². The lowest BCUT2D eigenvalue weighted by Crippen LogP contribution is -2.19. The number of nitrogens with zero attached hydrogens (tertiary/aromatic N) is 4. The predicted octanol–water partition coefficient (Wildman–Crippen LogP) is 6.65. The van der Waals surface area contributed by atoms with Crippen LogP contribution in [0.25, 0.3) is 27.8 Å². The molecular weight excluding hydrogens is 427 g/mol. The van der Waals surface area contributed by atoms with Crippen LogP contribution in [0, 0.1) is 0 Å². The summed E-state index contributed by atoms with van der Waals surface area (Å²) >= 11 is 18.8. The van der Waals surface area contributed by atoms with E-state index in [0.29, 0.717) is 15.1 Å². The number of aromatic nitrogens is 3. The van der Waals surface area contributed by atoms with Crippen LogP contribution in [0.2, 0.25) is 15.1 Å². The molecule has 0 radical (unpaired) electrons. The van der Waals surface area contributed by atoms with Crippen molar-refractivity contribution in [3.8, 4) is 16.9 Å². The minimum Gasteiger partial charge on any atom is -0.355 e. The van der Waals surface area contributed by atoms with Gasteiger partial charge in [0, 0.05) is 40.3 Å². The van der Waals surface area contributed by atoms with E-state index in [0.717, 1.165) is 46.8 Å². The number of anilines is 1. The van der Waals surface area contributed by atoms with Gasteiger partial charge in [-0.2, -0.15) is 5.10 Å². The molecule has 0 N–H and O–H groups in total. The largest absolute Gasteiger partial charge is 0.355 e. The maximum Gasteiger partial charge on any atom is 0.157 e. The lowest BCUT2D eigenvalue weighted by molar-refractivity contribution is 0.893. The monoisotopic (exact) mass is 442 g/mol. The first-order valence-corrected chi connectivity index (χ1v) is 10.6. The number of benzene rings is 2. The maximum atomic E-state index is 6.55. The van der Waals surface area contributed by atoms with E-state index in [-0.39, 0.29) is 0 Å². The van der Waals surface area contributed by atoms with Gasteiger partial charge in [-0.1, -0.05) is 46.9 Å². The van der Waals surface area contributed by atoms with Gasteiger partial charge >= 0.3 is 0 Å². The van der Waals surface area contributed by atoms with Gasteiger partial charge in [0.2, 0.25) is 0 Å². The summed E-state index contributed by atoms with van der Waals surface area (Å²) in [6, 6.07) is 15.2. The molecule has 4 aromatic rings. The topological polar surface area (TPSA) is 34.0 Å². The van der Waals surface area contributed by atoms with Crippen molar-refractivity contribution in [2.45, 2.75) is 12.8 Å². The van der Waals surface area contributed by atoms with Gasteiger partial charge in [-0.15, -0.1) is 0 Å². The van der Waals surface area contributed by atoms with Gasteiger partial charge in [-0.25, -0.2) is 9.67 Å². The molecule has 0 bridgehead atoms. The summed E-state index contributed by atoms with van der Waals surface area (Å²) in [5, 5.41) is 7.80. The van der Waals surface area contributed by atoms with Crippen molar-refractivity contribution in [3.05, 3.63) is 69.8 Å². The third-order valence-electron chi connectivity index (χ3n) is 5.23. The smallest absolute Gasteiger partial charge is 0.157 e. The average molecular weight is 444 g/mol. The summed E-state index contributed by atoms with van der Waals surface area (Å²) in [6.07, 6.45) is 4.20. The molecule has 1 fully saturated rings. The number of hydrogen-bond donors (Lipinski definition) is 0. The van der Waals surface area contributed by atoms with Crippen molar-refractivity contribution in [2.75, 3.05) is 18.0 Å². The van der Waals surface area contributed by atoms with Crippen molar-refractivity contribution in [2.24, 2.45) is 0 Å². The molecular formula is C22H17Cl3N4. The molecule has 1 aliphatic heterocycles. The molecule has 4 nitrogen and oxygen atoms in total. The Kier molecular flexibility index (Phi) is 4.86. The average Bonchev–Trinajstić information content (AvgIpc) is 3.36. The fraction of sp³-hybridized carbons (Fsp3) is 0.182. The SMILES string of the molecule is Clc1ccc(-c2c3ccnc(N4CCCC4)c3nn2-c2ccc(Cl)cc2Cl)cc1. The van der Waals surface area contributed by atoms with Crippen LogP contribution in [0.15, 0.2) is 54.7 Å². The standard InChI is InChI=1S/C22H17Cl3N4/c23-15-5-3-14(4-6-15)21-17-9-10-26-22(28-11-1-2-12-28)20(17)27-29(21)19-8-7-16(24)13-18(19)25/h3-10,13H,1-2,11-12H2. The fourth-order valence-electron chi connectivity index (χ4n) is 3.87. The maximum absolute atomic E-state index is 6.55.